The molecule has 19 heavy (non-hydrogen) atoms. The lowest BCUT2D eigenvalue weighted by Gasteiger charge is -2.38. The van der Waals surface area contributed by atoms with Crippen LogP contribution in [-0.2, 0) is 4.79 Å². The maximum Gasteiger partial charge on any atom is 0.309 e. The molecule has 1 fully saturated rings. The number of carbonyl (C=O) groups excluding carboxylic acids is 1. The van der Waals surface area contributed by atoms with E-state index in [1.165, 1.54) is 0 Å². The van der Waals surface area contributed by atoms with Crippen LogP contribution in [0.4, 0.5) is 0 Å². The summed E-state index contributed by atoms with van der Waals surface area (Å²) in [6.45, 7) is 4.69. The topological polar surface area (TPSA) is 86.3 Å². The number of piperidine rings is 1. The van der Waals surface area contributed by atoms with E-state index in [4.69, 9.17) is 0 Å². The lowest BCUT2D eigenvalue weighted by atomic mass is 9.76. The number of aliphatic carboxylic acids is 1. The molecule has 0 radical (unpaired) electrons. The zero-order chi connectivity index (χ0) is 14.0. The van der Waals surface area contributed by atoms with Gasteiger partial charge in [-0.1, -0.05) is 6.92 Å². The smallest absolute Gasteiger partial charge is 0.309 e. The average Bonchev–Trinajstić information content (AvgIpc) is 2.84. The summed E-state index contributed by atoms with van der Waals surface area (Å²) in [6.07, 6.45) is 1.62. The molecular formula is C13H19N3O3. The number of aryl methyl sites for hydroxylation is 1. The Morgan fingerprint density at radius 1 is 1.47 bits per heavy atom. The quantitative estimate of drug-likeness (QED) is 0.865. The maximum absolute atomic E-state index is 12.2. The fourth-order valence-corrected chi connectivity index (χ4v) is 2.55. The number of hydrogen-bond donors (Lipinski definition) is 2. The van der Waals surface area contributed by atoms with Crippen molar-refractivity contribution in [1.82, 2.24) is 15.1 Å². The van der Waals surface area contributed by atoms with Crippen LogP contribution < -0.4 is 0 Å². The zero-order valence-corrected chi connectivity index (χ0v) is 11.3. The van der Waals surface area contributed by atoms with Gasteiger partial charge in [-0.05, 0) is 32.3 Å². The maximum atomic E-state index is 12.2. The summed E-state index contributed by atoms with van der Waals surface area (Å²) < 4.78 is 0. The number of likely N-dealkylation sites (tertiary alicyclic amines) is 1. The first kappa shape index (κ1) is 13.6. The largest absolute Gasteiger partial charge is 0.481 e. The second kappa shape index (κ2) is 5.03. The van der Waals surface area contributed by atoms with Gasteiger partial charge in [-0.15, -0.1) is 0 Å². The Bertz CT molecular complexity index is 487. The second-order valence-corrected chi connectivity index (χ2v) is 5.17. The molecule has 2 N–H and O–H groups in total. The van der Waals surface area contributed by atoms with E-state index >= 15 is 0 Å². The number of carbonyl (C=O) groups is 2. The van der Waals surface area contributed by atoms with Crippen molar-refractivity contribution in [1.29, 1.82) is 0 Å². The molecule has 0 aliphatic carbocycles. The second-order valence-electron chi connectivity index (χ2n) is 5.17. The highest BCUT2D eigenvalue weighted by Gasteiger charge is 2.41. The van der Waals surface area contributed by atoms with Gasteiger partial charge in [0.05, 0.1) is 5.41 Å². The molecule has 1 saturated heterocycles. The van der Waals surface area contributed by atoms with E-state index in [2.05, 4.69) is 10.2 Å². The van der Waals surface area contributed by atoms with Crippen molar-refractivity contribution in [3.63, 3.8) is 0 Å². The highest BCUT2D eigenvalue weighted by atomic mass is 16.4. The van der Waals surface area contributed by atoms with Gasteiger partial charge < -0.3 is 10.0 Å². The molecule has 1 aliphatic heterocycles. The third-order valence-corrected chi connectivity index (χ3v) is 4.06. The summed E-state index contributed by atoms with van der Waals surface area (Å²) in [4.78, 5) is 25.2. The summed E-state index contributed by atoms with van der Waals surface area (Å²) in [6, 6.07) is 1.71. The summed E-state index contributed by atoms with van der Waals surface area (Å²) in [5, 5.41) is 16.0. The number of rotatable bonds is 3. The summed E-state index contributed by atoms with van der Waals surface area (Å²) in [7, 11) is 0. The average molecular weight is 265 g/mol. The van der Waals surface area contributed by atoms with Gasteiger partial charge in [0.15, 0.2) is 0 Å². The number of aromatic nitrogens is 2. The number of nitrogens with one attached hydrogen (secondary N) is 1. The molecule has 0 atom stereocenters. The van der Waals surface area contributed by atoms with Crippen LogP contribution in [0.15, 0.2) is 6.07 Å². The standard InChI is InChI=1S/C13H19N3O3/c1-3-13(12(18)19)4-6-16(7-5-13)11(17)10-8-9(2)14-15-10/h8H,3-7H2,1-2H3,(H,14,15)(H,18,19). The number of hydrogen-bond acceptors (Lipinski definition) is 3. The molecule has 6 heteroatoms. The molecule has 2 rings (SSSR count). The molecule has 2 heterocycles. The first-order valence-corrected chi connectivity index (χ1v) is 6.53. The summed E-state index contributed by atoms with van der Waals surface area (Å²) in [5.41, 5.74) is 0.573. The van der Waals surface area contributed by atoms with E-state index in [0.29, 0.717) is 38.0 Å². The zero-order valence-electron chi connectivity index (χ0n) is 11.3. The number of aromatic amines is 1. The van der Waals surface area contributed by atoms with Gasteiger partial charge in [0.1, 0.15) is 5.69 Å². The molecular weight excluding hydrogens is 246 g/mol. The van der Waals surface area contributed by atoms with Gasteiger partial charge >= 0.3 is 5.97 Å². The Balaban J connectivity index is 2.04. The third-order valence-electron chi connectivity index (χ3n) is 4.06. The van der Waals surface area contributed by atoms with Gasteiger partial charge in [0, 0.05) is 18.8 Å². The Hall–Kier alpha value is -1.85. The molecule has 6 nitrogen and oxygen atoms in total. The number of carboxylic acid groups (broad SMARTS) is 1. The van der Waals surface area contributed by atoms with E-state index in [-0.39, 0.29) is 5.91 Å². The Kier molecular flexibility index (Phi) is 3.59. The van der Waals surface area contributed by atoms with E-state index < -0.39 is 11.4 Å². The van der Waals surface area contributed by atoms with Gasteiger partial charge in [0.2, 0.25) is 0 Å². The number of nitrogens with zero attached hydrogens (tertiary/aromatic N) is 2. The van der Waals surface area contributed by atoms with Crippen molar-refractivity contribution in [2.75, 3.05) is 13.1 Å². The summed E-state index contributed by atoms with van der Waals surface area (Å²) in [5.74, 6) is -0.878. The van der Waals surface area contributed by atoms with E-state index in [1.54, 1.807) is 11.0 Å². The van der Waals surface area contributed by atoms with Crippen LogP contribution >= 0.6 is 0 Å². The number of carboxylic acids is 1. The van der Waals surface area contributed by atoms with Crippen molar-refractivity contribution in [3.05, 3.63) is 17.5 Å². The van der Waals surface area contributed by atoms with Crippen LogP contribution in [0.5, 0.6) is 0 Å². The Labute approximate surface area is 111 Å². The molecule has 0 spiro atoms. The predicted molar refractivity (Wildman–Crippen MR) is 68.8 cm³/mol. The fourth-order valence-electron chi connectivity index (χ4n) is 2.55. The van der Waals surface area contributed by atoms with Crippen molar-refractivity contribution in [3.8, 4) is 0 Å². The normalized spacial score (nSPS) is 18.3. The highest BCUT2D eigenvalue weighted by molar-refractivity contribution is 5.92. The van der Waals surface area contributed by atoms with Gasteiger partial charge in [-0.2, -0.15) is 5.10 Å². The SMILES string of the molecule is CCC1(C(=O)O)CCN(C(=O)c2cc(C)[nH]n2)CC1. The molecule has 0 saturated carbocycles. The minimum atomic E-state index is -0.752. The van der Waals surface area contributed by atoms with Gasteiger partial charge in [-0.25, -0.2) is 0 Å². The summed E-state index contributed by atoms with van der Waals surface area (Å²) >= 11 is 0. The monoisotopic (exact) mass is 265 g/mol. The molecule has 104 valence electrons. The van der Waals surface area contributed by atoms with Crippen LogP contribution in [-0.4, -0.2) is 45.2 Å². The van der Waals surface area contributed by atoms with Crippen molar-refractivity contribution in [2.24, 2.45) is 5.41 Å². The lowest BCUT2D eigenvalue weighted by molar-refractivity contribution is -0.152. The molecule has 1 aliphatic rings. The van der Waals surface area contributed by atoms with Gasteiger partial charge in [-0.3, -0.25) is 14.7 Å². The molecule has 0 unspecified atom stereocenters. The third kappa shape index (κ3) is 2.47. The van der Waals surface area contributed by atoms with Crippen molar-refractivity contribution < 1.29 is 14.7 Å². The highest BCUT2D eigenvalue weighted by Crippen LogP contribution is 2.35. The van der Waals surface area contributed by atoms with Crippen LogP contribution in [0.1, 0.15) is 42.4 Å². The lowest BCUT2D eigenvalue weighted by Crippen LogP contribution is -2.46. The molecule has 1 aromatic heterocycles. The van der Waals surface area contributed by atoms with Crippen molar-refractivity contribution in [2.45, 2.75) is 33.1 Å². The Morgan fingerprint density at radius 3 is 2.53 bits per heavy atom. The fraction of sp³-hybridized carbons (Fsp3) is 0.615. The van der Waals surface area contributed by atoms with Crippen LogP contribution in [0.3, 0.4) is 0 Å². The van der Waals surface area contributed by atoms with E-state index in [9.17, 15) is 14.7 Å². The first-order valence-electron chi connectivity index (χ1n) is 6.53. The van der Waals surface area contributed by atoms with Crippen molar-refractivity contribution >= 4 is 11.9 Å². The molecule has 0 aromatic carbocycles. The van der Waals surface area contributed by atoms with E-state index in [0.717, 1.165) is 5.69 Å². The molecule has 1 amide bonds. The Morgan fingerprint density at radius 2 is 2.11 bits per heavy atom. The van der Waals surface area contributed by atoms with Crippen LogP contribution in [0.25, 0.3) is 0 Å². The molecule has 0 bridgehead atoms. The number of amides is 1. The first-order chi connectivity index (χ1) is 8.98. The minimum Gasteiger partial charge on any atom is -0.481 e. The van der Waals surface area contributed by atoms with Crippen LogP contribution in [0.2, 0.25) is 0 Å². The van der Waals surface area contributed by atoms with Gasteiger partial charge in [0.25, 0.3) is 5.91 Å². The molecule has 1 aromatic rings. The van der Waals surface area contributed by atoms with Crippen LogP contribution in [0, 0.1) is 12.3 Å². The minimum absolute atomic E-state index is 0.126. The number of H-pyrrole nitrogens is 1. The predicted octanol–water partition coefficient (Wildman–Crippen LogP) is 1.44. The van der Waals surface area contributed by atoms with E-state index in [1.807, 2.05) is 13.8 Å².